The van der Waals surface area contributed by atoms with Gasteiger partial charge < -0.3 is 15.4 Å². The highest BCUT2D eigenvalue weighted by molar-refractivity contribution is 9.10. The summed E-state index contributed by atoms with van der Waals surface area (Å²) < 4.78 is 6.76. The van der Waals surface area contributed by atoms with Crippen LogP contribution < -0.4 is 15.4 Å². The number of rotatable bonds is 6. The Hall–Kier alpha value is -1.85. The van der Waals surface area contributed by atoms with E-state index >= 15 is 0 Å². The highest BCUT2D eigenvalue weighted by Crippen LogP contribution is 2.27. The molecule has 1 amide bonds. The Balaban J connectivity index is 1.56. The summed E-state index contributed by atoms with van der Waals surface area (Å²) >= 11 is 3.55. The maximum Gasteiger partial charge on any atom is 0.237 e. The number of ether oxygens (including phenoxy) is 1. The van der Waals surface area contributed by atoms with Gasteiger partial charge in [-0.15, -0.1) is 0 Å². The predicted octanol–water partition coefficient (Wildman–Crippen LogP) is 3.01. The smallest absolute Gasteiger partial charge is 0.237 e. The van der Waals surface area contributed by atoms with Crippen LogP contribution >= 0.6 is 15.9 Å². The van der Waals surface area contributed by atoms with Crippen molar-refractivity contribution >= 4 is 21.8 Å². The van der Waals surface area contributed by atoms with Gasteiger partial charge >= 0.3 is 0 Å². The Kier molecular flexibility index (Phi) is 5.31. The molecule has 1 aliphatic heterocycles. The lowest BCUT2D eigenvalue weighted by molar-refractivity contribution is -0.120. The third-order valence-electron chi connectivity index (χ3n) is 3.83. The van der Waals surface area contributed by atoms with Gasteiger partial charge in [-0.05, 0) is 45.6 Å². The van der Waals surface area contributed by atoms with Crippen molar-refractivity contribution in [1.82, 2.24) is 10.6 Å². The summed E-state index contributed by atoms with van der Waals surface area (Å²) in [5.74, 6) is 0.906. The Morgan fingerprint density at radius 1 is 1.17 bits per heavy atom. The standard InChI is InChI=1S/C18H19BrN2O2/c19-15-10-14(11-21-16-8-9-20-18(16)22)6-7-17(15)23-12-13-4-2-1-3-5-13/h1-7,10,16,21H,8-9,11-12H2,(H,20,22). The lowest BCUT2D eigenvalue weighted by Gasteiger charge is -2.12. The van der Waals surface area contributed by atoms with E-state index in [0.29, 0.717) is 13.2 Å². The molecule has 4 nitrogen and oxygen atoms in total. The maximum absolute atomic E-state index is 11.5. The van der Waals surface area contributed by atoms with Crippen LogP contribution in [0, 0.1) is 0 Å². The van der Waals surface area contributed by atoms with E-state index in [-0.39, 0.29) is 11.9 Å². The molecule has 1 saturated heterocycles. The summed E-state index contributed by atoms with van der Waals surface area (Å²) in [6.45, 7) is 1.96. The van der Waals surface area contributed by atoms with Gasteiger partial charge in [0.15, 0.2) is 0 Å². The van der Waals surface area contributed by atoms with Crippen molar-refractivity contribution in [3.63, 3.8) is 0 Å². The van der Waals surface area contributed by atoms with Crippen LogP contribution in [-0.4, -0.2) is 18.5 Å². The van der Waals surface area contributed by atoms with Crippen LogP contribution in [0.15, 0.2) is 53.0 Å². The van der Waals surface area contributed by atoms with Crippen molar-refractivity contribution in [3.8, 4) is 5.75 Å². The molecule has 0 saturated carbocycles. The molecule has 23 heavy (non-hydrogen) atoms. The first-order chi connectivity index (χ1) is 11.2. The van der Waals surface area contributed by atoms with Gasteiger partial charge in [-0.3, -0.25) is 4.79 Å². The summed E-state index contributed by atoms with van der Waals surface area (Å²) in [4.78, 5) is 11.5. The van der Waals surface area contributed by atoms with Crippen molar-refractivity contribution in [2.75, 3.05) is 6.54 Å². The zero-order valence-electron chi connectivity index (χ0n) is 12.7. The van der Waals surface area contributed by atoms with Gasteiger partial charge in [0.2, 0.25) is 5.91 Å². The molecule has 2 aromatic carbocycles. The van der Waals surface area contributed by atoms with Gasteiger partial charge in [-0.1, -0.05) is 36.4 Å². The van der Waals surface area contributed by atoms with E-state index in [0.717, 1.165) is 34.3 Å². The molecule has 1 unspecified atom stereocenters. The summed E-state index contributed by atoms with van der Waals surface area (Å²) in [7, 11) is 0. The number of amides is 1. The molecule has 0 aliphatic carbocycles. The van der Waals surface area contributed by atoms with Crippen molar-refractivity contribution in [1.29, 1.82) is 0 Å². The number of nitrogens with one attached hydrogen (secondary N) is 2. The first-order valence-electron chi connectivity index (χ1n) is 7.68. The second-order valence-electron chi connectivity index (χ2n) is 5.55. The number of benzene rings is 2. The molecule has 0 radical (unpaired) electrons. The Morgan fingerprint density at radius 3 is 2.70 bits per heavy atom. The molecule has 0 aromatic heterocycles. The SMILES string of the molecule is O=C1NCCC1NCc1ccc(OCc2ccccc2)c(Br)c1. The fraction of sp³-hybridized carbons (Fsp3) is 0.278. The molecule has 3 rings (SSSR count). The van der Waals surface area contributed by atoms with Gasteiger partial charge in [0, 0.05) is 13.1 Å². The quantitative estimate of drug-likeness (QED) is 0.816. The van der Waals surface area contributed by atoms with Crippen molar-refractivity contribution in [2.24, 2.45) is 0 Å². The number of carbonyl (C=O) groups excluding carboxylic acids is 1. The lowest BCUT2D eigenvalue weighted by atomic mass is 10.2. The van der Waals surface area contributed by atoms with Crippen LogP contribution in [-0.2, 0) is 17.9 Å². The van der Waals surface area contributed by atoms with E-state index in [4.69, 9.17) is 4.74 Å². The fourth-order valence-electron chi connectivity index (χ4n) is 2.54. The second kappa shape index (κ2) is 7.62. The van der Waals surface area contributed by atoms with Gasteiger partial charge in [0.05, 0.1) is 10.5 Å². The molecular weight excluding hydrogens is 356 g/mol. The molecule has 1 aliphatic rings. The zero-order chi connectivity index (χ0) is 16.1. The Bertz CT molecular complexity index is 676. The molecular formula is C18H19BrN2O2. The minimum Gasteiger partial charge on any atom is -0.488 e. The number of halogens is 1. The molecule has 5 heteroatoms. The molecule has 1 atom stereocenters. The average Bonchev–Trinajstić information content (AvgIpc) is 2.98. The predicted molar refractivity (Wildman–Crippen MR) is 93.2 cm³/mol. The molecule has 120 valence electrons. The molecule has 1 heterocycles. The highest BCUT2D eigenvalue weighted by Gasteiger charge is 2.22. The van der Waals surface area contributed by atoms with E-state index in [9.17, 15) is 4.79 Å². The van der Waals surface area contributed by atoms with Crippen LogP contribution in [0.4, 0.5) is 0 Å². The van der Waals surface area contributed by atoms with Crippen LogP contribution in [0.1, 0.15) is 17.5 Å². The van der Waals surface area contributed by atoms with Crippen molar-refractivity contribution in [3.05, 3.63) is 64.1 Å². The minimum atomic E-state index is -0.0808. The topological polar surface area (TPSA) is 50.4 Å². The first-order valence-corrected chi connectivity index (χ1v) is 8.48. The Labute approximate surface area is 144 Å². The van der Waals surface area contributed by atoms with E-state index in [1.54, 1.807) is 0 Å². The number of hydrogen-bond donors (Lipinski definition) is 2. The Morgan fingerprint density at radius 2 is 2.00 bits per heavy atom. The largest absolute Gasteiger partial charge is 0.488 e. The zero-order valence-corrected chi connectivity index (χ0v) is 14.3. The average molecular weight is 375 g/mol. The van der Waals surface area contributed by atoms with Crippen LogP contribution in [0.2, 0.25) is 0 Å². The molecule has 2 N–H and O–H groups in total. The molecule has 1 fully saturated rings. The minimum absolute atomic E-state index is 0.0808. The monoisotopic (exact) mass is 374 g/mol. The lowest BCUT2D eigenvalue weighted by Crippen LogP contribution is -2.35. The van der Waals surface area contributed by atoms with E-state index < -0.39 is 0 Å². The number of carbonyl (C=O) groups is 1. The molecule has 0 spiro atoms. The third-order valence-corrected chi connectivity index (χ3v) is 4.45. The van der Waals surface area contributed by atoms with Gasteiger partial charge in [-0.2, -0.15) is 0 Å². The van der Waals surface area contributed by atoms with Crippen LogP contribution in [0.3, 0.4) is 0 Å². The molecule has 0 bridgehead atoms. The summed E-state index contributed by atoms with van der Waals surface area (Å²) in [5, 5.41) is 6.11. The van der Waals surface area contributed by atoms with Gasteiger partial charge in [0.25, 0.3) is 0 Å². The third kappa shape index (κ3) is 4.33. The normalized spacial score (nSPS) is 17.1. The number of hydrogen-bond acceptors (Lipinski definition) is 3. The first kappa shape index (κ1) is 16.0. The van der Waals surface area contributed by atoms with Crippen LogP contribution in [0.25, 0.3) is 0 Å². The van der Waals surface area contributed by atoms with Crippen LogP contribution in [0.5, 0.6) is 5.75 Å². The molecule has 2 aromatic rings. The highest BCUT2D eigenvalue weighted by atomic mass is 79.9. The fourth-order valence-corrected chi connectivity index (χ4v) is 3.08. The van der Waals surface area contributed by atoms with E-state index in [2.05, 4.69) is 26.6 Å². The van der Waals surface area contributed by atoms with Crippen molar-refractivity contribution in [2.45, 2.75) is 25.6 Å². The van der Waals surface area contributed by atoms with Gasteiger partial charge in [0.1, 0.15) is 12.4 Å². The summed E-state index contributed by atoms with van der Waals surface area (Å²) in [5.41, 5.74) is 2.25. The maximum atomic E-state index is 11.5. The van der Waals surface area contributed by atoms with Gasteiger partial charge in [-0.25, -0.2) is 0 Å². The van der Waals surface area contributed by atoms with E-state index in [1.807, 2.05) is 48.5 Å². The summed E-state index contributed by atoms with van der Waals surface area (Å²) in [6, 6.07) is 16.0. The van der Waals surface area contributed by atoms with E-state index in [1.165, 1.54) is 0 Å². The second-order valence-corrected chi connectivity index (χ2v) is 6.41. The van der Waals surface area contributed by atoms with Crippen molar-refractivity contribution < 1.29 is 9.53 Å². The summed E-state index contributed by atoms with van der Waals surface area (Å²) in [6.07, 6.45) is 0.846.